The van der Waals surface area contributed by atoms with Crippen LogP contribution in [0, 0.1) is 6.92 Å². The quantitative estimate of drug-likeness (QED) is 0.800. The number of aromatic nitrogens is 2. The Hall–Kier alpha value is -1.51. The first-order chi connectivity index (χ1) is 11.3. The lowest BCUT2D eigenvalue weighted by atomic mass is 9.94. The summed E-state index contributed by atoms with van der Waals surface area (Å²) in [7, 11) is 0. The zero-order valence-electron chi connectivity index (χ0n) is 14.4. The van der Waals surface area contributed by atoms with E-state index in [0.29, 0.717) is 12.1 Å². The number of fused-ring (bicyclic) bond motifs is 1. The van der Waals surface area contributed by atoms with Crippen LogP contribution in [0.1, 0.15) is 75.8 Å². The van der Waals surface area contributed by atoms with E-state index in [1.807, 2.05) is 0 Å². The Morgan fingerprint density at radius 1 is 0.957 bits per heavy atom. The Bertz CT molecular complexity index is 661. The lowest BCUT2D eigenvalue weighted by molar-refractivity contribution is 0.360. The van der Waals surface area contributed by atoms with Crippen LogP contribution in [0.25, 0.3) is 11.0 Å². The Kier molecular flexibility index (Phi) is 4.28. The highest BCUT2D eigenvalue weighted by atomic mass is 15.2. The number of benzene rings is 1. The molecule has 1 aromatic carbocycles. The minimum atomic E-state index is 0.615. The van der Waals surface area contributed by atoms with Crippen molar-refractivity contribution in [1.29, 1.82) is 0 Å². The third kappa shape index (κ3) is 3.11. The van der Waals surface area contributed by atoms with Gasteiger partial charge in [-0.3, -0.25) is 0 Å². The van der Waals surface area contributed by atoms with Gasteiger partial charge in [-0.15, -0.1) is 0 Å². The molecule has 124 valence electrons. The fourth-order valence-electron chi connectivity index (χ4n) is 4.44. The van der Waals surface area contributed by atoms with Gasteiger partial charge in [-0.1, -0.05) is 44.6 Å². The minimum Gasteiger partial charge on any atom is -0.353 e. The molecule has 0 unspecified atom stereocenters. The van der Waals surface area contributed by atoms with Crippen molar-refractivity contribution >= 4 is 17.0 Å². The Morgan fingerprint density at radius 3 is 2.39 bits per heavy atom. The van der Waals surface area contributed by atoms with Crippen LogP contribution in [-0.4, -0.2) is 15.6 Å². The lowest BCUT2D eigenvalue weighted by Crippen LogP contribution is -2.25. The van der Waals surface area contributed by atoms with Crippen LogP contribution in [0.15, 0.2) is 18.2 Å². The van der Waals surface area contributed by atoms with Gasteiger partial charge < -0.3 is 9.88 Å². The fourth-order valence-corrected chi connectivity index (χ4v) is 4.44. The zero-order chi connectivity index (χ0) is 15.6. The number of anilines is 1. The summed E-state index contributed by atoms with van der Waals surface area (Å²) in [5.41, 5.74) is 3.81. The number of nitrogens with zero attached hydrogens (tertiary/aromatic N) is 2. The van der Waals surface area contributed by atoms with Crippen molar-refractivity contribution in [1.82, 2.24) is 9.55 Å². The zero-order valence-corrected chi connectivity index (χ0v) is 14.4. The van der Waals surface area contributed by atoms with E-state index in [2.05, 4.69) is 35.0 Å². The first-order valence-corrected chi connectivity index (χ1v) is 9.56. The predicted molar refractivity (Wildman–Crippen MR) is 97.1 cm³/mol. The maximum Gasteiger partial charge on any atom is 0.204 e. The third-order valence-electron chi connectivity index (χ3n) is 5.72. The highest BCUT2D eigenvalue weighted by Crippen LogP contribution is 2.35. The molecule has 2 aromatic rings. The predicted octanol–water partition coefficient (Wildman–Crippen LogP) is 5.59. The van der Waals surface area contributed by atoms with Gasteiger partial charge in [-0.05, 0) is 50.3 Å². The molecule has 0 bridgehead atoms. The number of hydrogen-bond donors (Lipinski definition) is 1. The monoisotopic (exact) mass is 311 g/mol. The molecule has 0 amide bonds. The minimum absolute atomic E-state index is 0.615. The molecule has 2 aliphatic rings. The molecular weight excluding hydrogens is 282 g/mol. The molecule has 0 saturated heterocycles. The third-order valence-corrected chi connectivity index (χ3v) is 5.72. The van der Waals surface area contributed by atoms with Crippen LogP contribution in [0.2, 0.25) is 0 Å². The molecule has 0 aliphatic heterocycles. The summed E-state index contributed by atoms with van der Waals surface area (Å²) in [6.45, 7) is 2.19. The van der Waals surface area contributed by atoms with E-state index < -0.39 is 0 Å². The first kappa shape index (κ1) is 15.0. The Morgan fingerprint density at radius 2 is 1.65 bits per heavy atom. The first-order valence-electron chi connectivity index (χ1n) is 9.56. The van der Waals surface area contributed by atoms with Gasteiger partial charge in [-0.25, -0.2) is 4.98 Å². The molecule has 4 rings (SSSR count). The van der Waals surface area contributed by atoms with Crippen molar-refractivity contribution in [2.75, 3.05) is 5.32 Å². The van der Waals surface area contributed by atoms with E-state index in [1.165, 1.54) is 75.3 Å². The second-order valence-electron chi connectivity index (χ2n) is 7.57. The van der Waals surface area contributed by atoms with E-state index in [1.54, 1.807) is 0 Å². The highest BCUT2D eigenvalue weighted by molar-refractivity contribution is 5.79. The van der Waals surface area contributed by atoms with Crippen molar-refractivity contribution in [2.24, 2.45) is 0 Å². The number of hydrogen-bond acceptors (Lipinski definition) is 2. The maximum atomic E-state index is 4.97. The number of aryl methyl sites for hydroxylation is 1. The molecule has 0 spiro atoms. The van der Waals surface area contributed by atoms with Crippen LogP contribution in [-0.2, 0) is 0 Å². The summed E-state index contributed by atoms with van der Waals surface area (Å²) in [5.74, 6) is 1.13. The molecule has 3 nitrogen and oxygen atoms in total. The SMILES string of the molecule is Cc1ccc2nc(NC3CCCCC3)n(C3CCCCC3)c2c1. The van der Waals surface area contributed by atoms with E-state index in [4.69, 9.17) is 4.98 Å². The number of nitrogens with one attached hydrogen (secondary N) is 1. The second-order valence-corrected chi connectivity index (χ2v) is 7.57. The van der Waals surface area contributed by atoms with Crippen molar-refractivity contribution in [2.45, 2.75) is 83.2 Å². The molecule has 2 fully saturated rings. The van der Waals surface area contributed by atoms with Crippen LogP contribution >= 0.6 is 0 Å². The van der Waals surface area contributed by atoms with E-state index in [9.17, 15) is 0 Å². The Labute approximate surface area is 139 Å². The summed E-state index contributed by atoms with van der Waals surface area (Å²) < 4.78 is 2.54. The van der Waals surface area contributed by atoms with E-state index in [-0.39, 0.29) is 0 Å². The van der Waals surface area contributed by atoms with Gasteiger partial charge in [0.05, 0.1) is 11.0 Å². The molecule has 2 saturated carbocycles. The van der Waals surface area contributed by atoms with Gasteiger partial charge in [0.25, 0.3) is 0 Å². The average Bonchev–Trinajstić information content (AvgIpc) is 2.93. The van der Waals surface area contributed by atoms with Gasteiger partial charge in [0.15, 0.2) is 0 Å². The van der Waals surface area contributed by atoms with Crippen LogP contribution < -0.4 is 5.32 Å². The van der Waals surface area contributed by atoms with Gasteiger partial charge in [-0.2, -0.15) is 0 Å². The number of imidazole rings is 1. The van der Waals surface area contributed by atoms with Crippen molar-refractivity contribution in [3.63, 3.8) is 0 Å². The fraction of sp³-hybridized carbons (Fsp3) is 0.650. The molecule has 2 aliphatic carbocycles. The molecule has 0 atom stereocenters. The van der Waals surface area contributed by atoms with Crippen LogP contribution in [0.4, 0.5) is 5.95 Å². The molecule has 1 N–H and O–H groups in total. The van der Waals surface area contributed by atoms with Crippen LogP contribution in [0.5, 0.6) is 0 Å². The number of rotatable bonds is 3. The van der Waals surface area contributed by atoms with Gasteiger partial charge in [0.1, 0.15) is 0 Å². The van der Waals surface area contributed by atoms with E-state index >= 15 is 0 Å². The van der Waals surface area contributed by atoms with Crippen molar-refractivity contribution in [3.8, 4) is 0 Å². The highest BCUT2D eigenvalue weighted by Gasteiger charge is 2.23. The summed E-state index contributed by atoms with van der Waals surface area (Å²) in [6, 6.07) is 7.94. The van der Waals surface area contributed by atoms with Gasteiger partial charge in [0, 0.05) is 12.1 Å². The largest absolute Gasteiger partial charge is 0.353 e. The smallest absolute Gasteiger partial charge is 0.204 e. The summed E-state index contributed by atoms with van der Waals surface area (Å²) in [4.78, 5) is 4.97. The molecule has 3 heteroatoms. The van der Waals surface area contributed by atoms with Crippen molar-refractivity contribution < 1.29 is 0 Å². The Balaban J connectivity index is 1.71. The van der Waals surface area contributed by atoms with E-state index in [0.717, 1.165) is 11.5 Å². The summed E-state index contributed by atoms with van der Waals surface area (Å²) in [5, 5.41) is 3.81. The maximum absolute atomic E-state index is 4.97. The summed E-state index contributed by atoms with van der Waals surface area (Å²) in [6.07, 6.45) is 13.4. The molecular formula is C20H29N3. The van der Waals surface area contributed by atoms with Gasteiger partial charge >= 0.3 is 0 Å². The second kappa shape index (κ2) is 6.54. The molecule has 1 aromatic heterocycles. The molecule has 23 heavy (non-hydrogen) atoms. The standard InChI is InChI=1S/C20H29N3/c1-15-12-13-18-19(14-15)23(17-10-6-3-7-11-17)20(22-18)21-16-8-4-2-5-9-16/h12-14,16-17H,2-11H2,1H3,(H,21,22). The van der Waals surface area contributed by atoms with Crippen molar-refractivity contribution in [3.05, 3.63) is 23.8 Å². The van der Waals surface area contributed by atoms with Crippen LogP contribution in [0.3, 0.4) is 0 Å². The average molecular weight is 311 g/mol. The normalized spacial score (nSPS) is 20.9. The molecule has 1 heterocycles. The van der Waals surface area contributed by atoms with Gasteiger partial charge in [0.2, 0.25) is 5.95 Å². The topological polar surface area (TPSA) is 29.9 Å². The summed E-state index contributed by atoms with van der Waals surface area (Å²) >= 11 is 0. The molecule has 0 radical (unpaired) electrons. The lowest BCUT2D eigenvalue weighted by Gasteiger charge is -2.28.